The highest BCUT2D eigenvalue weighted by Gasteiger charge is 2.92. The number of unbranched alkanes of at least 4 members (excludes halogenated alkanes) is 2. The molecule has 0 saturated heterocycles. The summed E-state index contributed by atoms with van der Waals surface area (Å²) in [5.74, 6) is 0.868. The summed E-state index contributed by atoms with van der Waals surface area (Å²) in [4.78, 5) is 53.7. The number of rotatable bonds is 10. The lowest BCUT2D eigenvalue weighted by molar-refractivity contribution is -0.301. The molecule has 5 aliphatic rings. The Morgan fingerprint density at radius 3 is 1.28 bits per heavy atom. The zero-order valence-electron chi connectivity index (χ0n) is 29.4. The maximum Gasteiger partial charge on any atom is 0.322 e. The SMILES string of the molecule is CCCCC(=O)Oc1ccc(C2=CC3(C(=O)O2)C2(CCCCC2)C2(C=C(c4ccc(OC(=O)CCCC)cc4)OC2=O)C32CCCCC2)cc1. The first kappa shape index (κ1) is 34.3. The van der Waals surface area contributed by atoms with Crippen LogP contribution in [0, 0.1) is 21.7 Å². The number of carbonyl (C=O) groups excluding carboxylic acids is 4. The van der Waals surface area contributed by atoms with Gasteiger partial charge in [0.1, 0.15) is 33.8 Å². The van der Waals surface area contributed by atoms with Crippen LogP contribution in [-0.4, -0.2) is 23.9 Å². The van der Waals surface area contributed by atoms with Crippen molar-refractivity contribution in [2.45, 2.75) is 117 Å². The summed E-state index contributed by atoms with van der Waals surface area (Å²) >= 11 is 0. The Morgan fingerprint density at radius 1 is 0.580 bits per heavy atom. The molecular weight excluding hydrogens is 632 g/mol. The van der Waals surface area contributed by atoms with Crippen LogP contribution in [0.25, 0.3) is 11.5 Å². The smallest absolute Gasteiger partial charge is 0.322 e. The van der Waals surface area contributed by atoms with Crippen molar-refractivity contribution in [1.82, 2.24) is 0 Å². The Labute approximate surface area is 294 Å². The van der Waals surface area contributed by atoms with Gasteiger partial charge in [-0.1, -0.05) is 65.2 Å². The molecule has 50 heavy (non-hydrogen) atoms. The molecule has 4 spiro atoms. The first-order chi connectivity index (χ1) is 24.3. The topological polar surface area (TPSA) is 105 Å². The number of cyclic esters (lactones) is 2. The Balaban J connectivity index is 1.26. The van der Waals surface area contributed by atoms with Gasteiger partial charge in [0.05, 0.1) is 0 Å². The van der Waals surface area contributed by atoms with Gasteiger partial charge in [-0.05, 0) is 99.2 Å². The van der Waals surface area contributed by atoms with Crippen LogP contribution in [0.15, 0.2) is 60.7 Å². The minimum absolute atomic E-state index is 0.263. The van der Waals surface area contributed by atoms with Gasteiger partial charge >= 0.3 is 23.9 Å². The van der Waals surface area contributed by atoms with Crippen molar-refractivity contribution >= 4 is 35.4 Å². The van der Waals surface area contributed by atoms with Crippen molar-refractivity contribution in [2.24, 2.45) is 21.7 Å². The lowest BCUT2D eigenvalue weighted by atomic mass is 9.20. The van der Waals surface area contributed by atoms with E-state index in [4.69, 9.17) is 18.9 Å². The highest BCUT2D eigenvalue weighted by Crippen LogP contribution is 2.89. The minimum Gasteiger partial charge on any atom is -0.427 e. The predicted molar refractivity (Wildman–Crippen MR) is 187 cm³/mol. The molecule has 3 saturated carbocycles. The summed E-state index contributed by atoms with van der Waals surface area (Å²) in [5, 5.41) is 0. The lowest BCUT2D eigenvalue weighted by Crippen LogP contribution is -2.82. The van der Waals surface area contributed by atoms with Crippen LogP contribution in [0.4, 0.5) is 0 Å². The fraction of sp³-hybridized carbons (Fsp3) is 0.524. The molecule has 3 aliphatic carbocycles. The zero-order valence-corrected chi connectivity index (χ0v) is 29.4. The van der Waals surface area contributed by atoms with E-state index in [-0.39, 0.29) is 23.9 Å². The Morgan fingerprint density at radius 2 is 0.940 bits per heavy atom. The van der Waals surface area contributed by atoms with Crippen LogP contribution < -0.4 is 9.47 Å². The maximum atomic E-state index is 14.7. The summed E-state index contributed by atoms with van der Waals surface area (Å²) in [6.07, 6.45) is 17.0. The van der Waals surface area contributed by atoms with Gasteiger partial charge in [0, 0.05) is 34.8 Å². The summed E-state index contributed by atoms with van der Waals surface area (Å²) < 4.78 is 23.5. The molecule has 2 aromatic rings. The quantitative estimate of drug-likeness (QED) is 0.181. The van der Waals surface area contributed by atoms with E-state index in [0.29, 0.717) is 35.9 Å². The first-order valence-electron chi connectivity index (χ1n) is 18.8. The average Bonchev–Trinajstić information content (AvgIpc) is 3.71. The standard InChI is InChI=1S/C42H48O8/c1-3-5-13-35(43)47-31-19-15-29(16-20-31)33-27-41(37(45)49-33)39(23-9-7-10-24-39)42(40(41)25-11-8-12-26-40)28-34(50-38(42)46)30-17-21-32(22-18-30)48-36(44)14-6-4-2/h15-22,27-28H,3-14,23-26H2,1-2H3. The van der Waals surface area contributed by atoms with E-state index < -0.39 is 21.7 Å². The third kappa shape index (κ3) is 5.07. The van der Waals surface area contributed by atoms with Gasteiger partial charge in [-0.3, -0.25) is 19.2 Å². The fourth-order valence-corrected chi connectivity index (χ4v) is 10.3. The van der Waals surface area contributed by atoms with E-state index in [2.05, 4.69) is 12.2 Å². The number of esters is 4. The van der Waals surface area contributed by atoms with E-state index in [1.807, 2.05) is 38.1 Å². The van der Waals surface area contributed by atoms with E-state index in [9.17, 15) is 19.2 Å². The molecule has 0 unspecified atom stereocenters. The zero-order chi connectivity index (χ0) is 35.0. The second kappa shape index (κ2) is 13.5. The molecule has 2 aliphatic heterocycles. The van der Waals surface area contributed by atoms with E-state index in [1.54, 1.807) is 24.3 Å². The molecule has 0 N–H and O–H groups in total. The van der Waals surface area contributed by atoms with Crippen molar-refractivity contribution in [3.8, 4) is 11.5 Å². The molecule has 2 aromatic carbocycles. The molecule has 8 nitrogen and oxygen atoms in total. The lowest BCUT2D eigenvalue weighted by Gasteiger charge is -2.78. The normalized spacial score (nSPS) is 22.1. The van der Waals surface area contributed by atoms with Crippen LogP contribution >= 0.6 is 0 Å². The molecule has 8 heteroatoms. The Hall–Kier alpha value is -4.20. The molecule has 0 atom stereocenters. The first-order valence-corrected chi connectivity index (χ1v) is 18.8. The molecule has 0 aromatic heterocycles. The van der Waals surface area contributed by atoms with Gasteiger partial charge in [0.25, 0.3) is 0 Å². The number of benzene rings is 2. The summed E-state index contributed by atoms with van der Waals surface area (Å²) in [6.45, 7) is 4.06. The summed E-state index contributed by atoms with van der Waals surface area (Å²) in [7, 11) is 0. The molecule has 0 amide bonds. The van der Waals surface area contributed by atoms with Gasteiger partial charge in [0.2, 0.25) is 0 Å². The number of hydrogen-bond donors (Lipinski definition) is 0. The highest BCUT2D eigenvalue weighted by atomic mass is 16.6. The monoisotopic (exact) mass is 680 g/mol. The molecule has 3 fully saturated rings. The van der Waals surface area contributed by atoms with Crippen LogP contribution in [0.1, 0.15) is 128 Å². The average molecular weight is 681 g/mol. The number of ether oxygens (including phenoxy) is 4. The predicted octanol–water partition coefficient (Wildman–Crippen LogP) is 9.26. The van der Waals surface area contributed by atoms with Crippen molar-refractivity contribution in [3.05, 3.63) is 71.8 Å². The van der Waals surface area contributed by atoms with Gasteiger partial charge in [-0.15, -0.1) is 0 Å². The maximum absolute atomic E-state index is 14.7. The van der Waals surface area contributed by atoms with Crippen molar-refractivity contribution in [2.75, 3.05) is 0 Å². The van der Waals surface area contributed by atoms with Gasteiger partial charge in [-0.25, -0.2) is 0 Å². The summed E-state index contributed by atoms with van der Waals surface area (Å²) in [6, 6.07) is 14.3. The van der Waals surface area contributed by atoms with Crippen LogP contribution in [-0.2, 0) is 28.7 Å². The molecule has 0 bridgehead atoms. The molecule has 2 heterocycles. The van der Waals surface area contributed by atoms with Crippen molar-refractivity contribution < 1.29 is 38.1 Å². The number of fused-ring (bicyclic) bond motifs is 4. The van der Waals surface area contributed by atoms with Gasteiger partial charge in [0.15, 0.2) is 0 Å². The minimum atomic E-state index is -0.969. The third-order valence-corrected chi connectivity index (χ3v) is 12.4. The fourth-order valence-electron chi connectivity index (χ4n) is 10.3. The molecule has 264 valence electrons. The van der Waals surface area contributed by atoms with Gasteiger partial charge < -0.3 is 18.9 Å². The second-order valence-electron chi connectivity index (χ2n) is 14.9. The Kier molecular flexibility index (Phi) is 9.25. The van der Waals surface area contributed by atoms with E-state index in [1.165, 1.54) is 0 Å². The molecule has 7 rings (SSSR count). The number of hydrogen-bond acceptors (Lipinski definition) is 8. The molecule has 0 radical (unpaired) electrons. The number of carbonyl (C=O) groups is 4. The van der Waals surface area contributed by atoms with Crippen LogP contribution in [0.5, 0.6) is 11.5 Å². The Bertz CT molecular complexity index is 1560. The van der Waals surface area contributed by atoms with Crippen molar-refractivity contribution in [1.29, 1.82) is 0 Å². The van der Waals surface area contributed by atoms with Gasteiger partial charge in [-0.2, -0.15) is 0 Å². The van der Waals surface area contributed by atoms with Crippen LogP contribution in [0.2, 0.25) is 0 Å². The highest BCUT2D eigenvalue weighted by molar-refractivity contribution is 6.03. The van der Waals surface area contributed by atoms with E-state index in [0.717, 1.165) is 101 Å². The van der Waals surface area contributed by atoms with E-state index >= 15 is 0 Å². The second-order valence-corrected chi connectivity index (χ2v) is 14.9. The third-order valence-electron chi connectivity index (χ3n) is 12.4. The molecular formula is C42H48O8. The van der Waals surface area contributed by atoms with Crippen LogP contribution in [0.3, 0.4) is 0 Å². The summed E-state index contributed by atoms with van der Waals surface area (Å²) in [5.41, 5.74) is -1.83. The van der Waals surface area contributed by atoms with Crippen molar-refractivity contribution in [3.63, 3.8) is 0 Å². The largest absolute Gasteiger partial charge is 0.427 e.